The molecular formula is C20H15FN2O5S. The number of aliphatic carboxylic acids is 1. The van der Waals surface area contributed by atoms with E-state index in [4.69, 9.17) is 5.11 Å². The highest BCUT2D eigenvalue weighted by atomic mass is 32.2. The average molecular weight is 414 g/mol. The lowest BCUT2D eigenvalue weighted by Gasteiger charge is -2.12. The summed E-state index contributed by atoms with van der Waals surface area (Å²) < 4.78 is 13.8. The largest absolute Gasteiger partial charge is 0.481 e. The Kier molecular flexibility index (Phi) is 6.08. The molecule has 0 aliphatic carbocycles. The maximum absolute atomic E-state index is 13.8. The van der Waals surface area contributed by atoms with E-state index in [9.17, 15) is 23.6 Å². The molecule has 0 aromatic heterocycles. The Morgan fingerprint density at radius 1 is 1.10 bits per heavy atom. The van der Waals surface area contributed by atoms with E-state index < -0.39 is 35.4 Å². The van der Waals surface area contributed by atoms with E-state index in [0.29, 0.717) is 23.0 Å². The maximum atomic E-state index is 13.8. The molecule has 0 spiro atoms. The van der Waals surface area contributed by atoms with Crippen LogP contribution < -0.4 is 5.32 Å². The number of thioether (sulfide) groups is 1. The van der Waals surface area contributed by atoms with Crippen LogP contribution in [0.5, 0.6) is 0 Å². The molecule has 148 valence electrons. The Morgan fingerprint density at radius 2 is 1.79 bits per heavy atom. The van der Waals surface area contributed by atoms with Crippen molar-refractivity contribution in [2.45, 2.75) is 6.42 Å². The summed E-state index contributed by atoms with van der Waals surface area (Å²) in [5, 5.41) is 10.7. The smallest absolute Gasteiger partial charge is 0.307 e. The summed E-state index contributed by atoms with van der Waals surface area (Å²) in [5.41, 5.74) is 1.14. The van der Waals surface area contributed by atoms with E-state index in [1.165, 1.54) is 36.4 Å². The van der Waals surface area contributed by atoms with Crippen LogP contribution >= 0.6 is 11.8 Å². The number of nitrogens with zero attached hydrogens (tertiary/aromatic N) is 1. The number of hydrogen-bond donors (Lipinski definition) is 2. The second kappa shape index (κ2) is 8.70. The van der Waals surface area contributed by atoms with Crippen molar-refractivity contribution in [3.8, 4) is 0 Å². The van der Waals surface area contributed by atoms with Crippen molar-refractivity contribution in [2.24, 2.45) is 0 Å². The maximum Gasteiger partial charge on any atom is 0.307 e. The molecule has 1 saturated heterocycles. The van der Waals surface area contributed by atoms with Crippen LogP contribution in [0.25, 0.3) is 6.08 Å². The molecule has 1 fully saturated rings. The summed E-state index contributed by atoms with van der Waals surface area (Å²) in [5.74, 6) is -2.76. The van der Waals surface area contributed by atoms with Gasteiger partial charge in [0.05, 0.1) is 11.3 Å². The van der Waals surface area contributed by atoms with Gasteiger partial charge in [0.15, 0.2) is 0 Å². The van der Waals surface area contributed by atoms with Crippen LogP contribution in [0.3, 0.4) is 0 Å². The number of anilines is 1. The van der Waals surface area contributed by atoms with Gasteiger partial charge in [-0.15, -0.1) is 0 Å². The fourth-order valence-corrected chi connectivity index (χ4v) is 3.42. The Labute approximate surface area is 169 Å². The lowest BCUT2D eigenvalue weighted by molar-refractivity contribution is -0.136. The van der Waals surface area contributed by atoms with Crippen molar-refractivity contribution in [3.63, 3.8) is 0 Å². The minimum atomic E-state index is -0.968. The van der Waals surface area contributed by atoms with Gasteiger partial charge in [0.1, 0.15) is 12.4 Å². The van der Waals surface area contributed by atoms with Crippen molar-refractivity contribution >= 4 is 46.5 Å². The first-order valence-electron chi connectivity index (χ1n) is 8.44. The molecule has 0 unspecified atom stereocenters. The van der Waals surface area contributed by atoms with Gasteiger partial charge in [-0.3, -0.25) is 24.1 Å². The van der Waals surface area contributed by atoms with Gasteiger partial charge in [0.25, 0.3) is 11.1 Å². The second-order valence-electron chi connectivity index (χ2n) is 6.10. The van der Waals surface area contributed by atoms with E-state index in [2.05, 4.69) is 5.32 Å². The molecule has 7 nitrogen and oxygen atoms in total. The van der Waals surface area contributed by atoms with Crippen LogP contribution in [0, 0.1) is 5.82 Å². The Hall–Kier alpha value is -3.46. The van der Waals surface area contributed by atoms with E-state index in [1.54, 1.807) is 18.2 Å². The molecule has 2 N–H and O–H groups in total. The number of carbonyl (C=O) groups excluding carboxylic acids is 3. The van der Waals surface area contributed by atoms with Crippen molar-refractivity contribution in [1.29, 1.82) is 0 Å². The Balaban J connectivity index is 1.64. The summed E-state index contributed by atoms with van der Waals surface area (Å²) in [6.45, 7) is -0.490. The molecule has 3 amide bonds. The normalized spacial score (nSPS) is 15.1. The van der Waals surface area contributed by atoms with E-state index in [0.717, 1.165) is 4.90 Å². The third-order valence-electron chi connectivity index (χ3n) is 3.96. The van der Waals surface area contributed by atoms with Crippen LogP contribution in [-0.2, 0) is 20.8 Å². The number of halogens is 1. The van der Waals surface area contributed by atoms with Crippen molar-refractivity contribution in [3.05, 3.63) is 70.4 Å². The molecule has 2 aromatic carbocycles. The van der Waals surface area contributed by atoms with Gasteiger partial charge >= 0.3 is 5.97 Å². The van der Waals surface area contributed by atoms with Crippen LogP contribution in [0.15, 0.2) is 53.4 Å². The predicted molar refractivity (Wildman–Crippen MR) is 105 cm³/mol. The topological polar surface area (TPSA) is 104 Å². The third kappa shape index (κ3) is 5.08. The highest BCUT2D eigenvalue weighted by Gasteiger charge is 2.36. The minimum absolute atomic E-state index is 0.0333. The zero-order valence-corrected chi connectivity index (χ0v) is 15.7. The van der Waals surface area contributed by atoms with E-state index in [1.807, 2.05) is 0 Å². The minimum Gasteiger partial charge on any atom is -0.481 e. The number of carboxylic acids is 1. The van der Waals surface area contributed by atoms with Gasteiger partial charge in [-0.25, -0.2) is 4.39 Å². The lowest BCUT2D eigenvalue weighted by atomic mass is 10.1. The predicted octanol–water partition coefficient (Wildman–Crippen LogP) is 3.13. The standard InChI is InChI=1S/C20H15FN2O5S/c21-15-4-2-1-3-13(15)10-16-19(27)23(20(28)29-16)11-17(24)22-14-7-5-12(6-8-14)9-18(25)26/h1-8,10H,9,11H2,(H,22,24)(H,25,26)/b16-10-. The van der Waals surface area contributed by atoms with Crippen LogP contribution in [0.1, 0.15) is 11.1 Å². The SMILES string of the molecule is O=C(O)Cc1ccc(NC(=O)CN2C(=O)S/C(=C\c3ccccc3F)C2=O)cc1. The molecule has 1 aliphatic heterocycles. The highest BCUT2D eigenvalue weighted by molar-refractivity contribution is 8.18. The third-order valence-corrected chi connectivity index (χ3v) is 4.87. The summed E-state index contributed by atoms with van der Waals surface area (Å²) in [6, 6.07) is 12.0. The fourth-order valence-electron chi connectivity index (χ4n) is 2.59. The summed E-state index contributed by atoms with van der Waals surface area (Å²) in [4.78, 5) is 48.2. The zero-order chi connectivity index (χ0) is 21.0. The molecule has 1 aliphatic rings. The first-order chi connectivity index (χ1) is 13.8. The first-order valence-corrected chi connectivity index (χ1v) is 9.25. The summed E-state index contributed by atoms with van der Waals surface area (Å²) >= 11 is 0.638. The van der Waals surface area contributed by atoms with E-state index in [-0.39, 0.29) is 16.9 Å². The van der Waals surface area contributed by atoms with Gasteiger partial charge in [0.2, 0.25) is 5.91 Å². The average Bonchev–Trinajstić information content (AvgIpc) is 2.92. The molecule has 0 saturated carbocycles. The van der Waals surface area contributed by atoms with Crippen molar-refractivity contribution < 1.29 is 28.7 Å². The molecule has 3 rings (SSSR count). The van der Waals surface area contributed by atoms with Crippen LogP contribution in [-0.4, -0.2) is 39.6 Å². The number of carboxylic acid groups (broad SMARTS) is 1. The zero-order valence-electron chi connectivity index (χ0n) is 14.9. The van der Waals surface area contributed by atoms with Gasteiger partial charge in [-0.2, -0.15) is 0 Å². The number of hydrogen-bond acceptors (Lipinski definition) is 5. The molecule has 1 heterocycles. The fraction of sp³-hybridized carbons (Fsp3) is 0.100. The molecular weight excluding hydrogens is 399 g/mol. The number of nitrogens with one attached hydrogen (secondary N) is 1. The molecule has 2 aromatic rings. The molecule has 0 atom stereocenters. The molecule has 0 radical (unpaired) electrons. The number of rotatable bonds is 6. The Morgan fingerprint density at radius 3 is 2.45 bits per heavy atom. The van der Waals surface area contributed by atoms with E-state index >= 15 is 0 Å². The summed E-state index contributed by atoms with van der Waals surface area (Å²) in [6.07, 6.45) is 1.14. The number of carbonyl (C=O) groups is 4. The number of amides is 3. The molecule has 9 heteroatoms. The van der Waals surface area contributed by atoms with Gasteiger partial charge < -0.3 is 10.4 Å². The van der Waals surface area contributed by atoms with Crippen molar-refractivity contribution in [1.82, 2.24) is 4.90 Å². The Bertz CT molecular complexity index is 1020. The van der Waals surface area contributed by atoms with Crippen LogP contribution in [0.2, 0.25) is 0 Å². The molecule has 29 heavy (non-hydrogen) atoms. The number of benzene rings is 2. The second-order valence-corrected chi connectivity index (χ2v) is 7.10. The van der Waals surface area contributed by atoms with Gasteiger partial charge in [0, 0.05) is 11.3 Å². The monoisotopic (exact) mass is 414 g/mol. The van der Waals surface area contributed by atoms with Crippen LogP contribution in [0.4, 0.5) is 14.9 Å². The molecule has 0 bridgehead atoms. The lowest BCUT2D eigenvalue weighted by Crippen LogP contribution is -2.36. The van der Waals surface area contributed by atoms with Gasteiger partial charge in [-0.05, 0) is 41.6 Å². The van der Waals surface area contributed by atoms with Crippen molar-refractivity contribution in [2.75, 3.05) is 11.9 Å². The highest BCUT2D eigenvalue weighted by Crippen LogP contribution is 2.32. The number of imide groups is 1. The van der Waals surface area contributed by atoms with Gasteiger partial charge in [-0.1, -0.05) is 30.3 Å². The summed E-state index contributed by atoms with van der Waals surface area (Å²) in [7, 11) is 0. The quantitative estimate of drug-likeness (QED) is 0.704. The first kappa shape index (κ1) is 20.3.